The molecule has 0 atom stereocenters. The van der Waals surface area contributed by atoms with Crippen LogP contribution in [0.2, 0.25) is 0 Å². The molecule has 1 fully saturated rings. The summed E-state index contributed by atoms with van der Waals surface area (Å²) < 4.78 is 2.26. The van der Waals surface area contributed by atoms with E-state index in [2.05, 4.69) is 34.6 Å². The molecule has 0 spiro atoms. The van der Waals surface area contributed by atoms with Crippen LogP contribution in [0.15, 0.2) is 48.5 Å². The summed E-state index contributed by atoms with van der Waals surface area (Å²) in [6.45, 7) is 6.03. The summed E-state index contributed by atoms with van der Waals surface area (Å²) in [5, 5.41) is 0. The standard InChI is InChI=1S/C22H27N5O/c1-4-27-20-11-6-5-10-19(20)23-22(27)26-14-12-25(13-15-26)21(28)17-8-7-9-18(16-17)24(2)3/h5-11,16H,4,12-15H2,1-3H3. The largest absolute Gasteiger partial charge is 0.378 e. The van der Waals surface area contributed by atoms with Gasteiger partial charge in [-0.25, -0.2) is 4.98 Å². The van der Waals surface area contributed by atoms with Crippen LogP contribution < -0.4 is 9.80 Å². The summed E-state index contributed by atoms with van der Waals surface area (Å²) in [5.74, 6) is 1.11. The first-order chi connectivity index (χ1) is 13.6. The van der Waals surface area contributed by atoms with E-state index in [1.165, 1.54) is 5.52 Å². The van der Waals surface area contributed by atoms with Gasteiger partial charge in [0.05, 0.1) is 11.0 Å². The molecular formula is C22H27N5O. The van der Waals surface area contributed by atoms with Gasteiger partial charge in [-0.3, -0.25) is 4.79 Å². The van der Waals surface area contributed by atoms with Gasteiger partial charge in [-0.15, -0.1) is 0 Å². The molecule has 0 saturated carbocycles. The number of anilines is 2. The maximum absolute atomic E-state index is 12.9. The molecule has 0 radical (unpaired) electrons. The first-order valence-corrected chi connectivity index (χ1v) is 9.85. The second-order valence-electron chi connectivity index (χ2n) is 7.37. The van der Waals surface area contributed by atoms with E-state index >= 15 is 0 Å². The molecular weight excluding hydrogens is 350 g/mol. The first-order valence-electron chi connectivity index (χ1n) is 9.85. The Labute approximate surface area is 166 Å². The van der Waals surface area contributed by atoms with Gasteiger partial charge in [-0.1, -0.05) is 18.2 Å². The van der Waals surface area contributed by atoms with Gasteiger partial charge < -0.3 is 19.3 Å². The predicted molar refractivity (Wildman–Crippen MR) is 114 cm³/mol. The molecule has 1 amide bonds. The summed E-state index contributed by atoms with van der Waals surface area (Å²) in [4.78, 5) is 24.1. The van der Waals surface area contributed by atoms with Gasteiger partial charge in [0.25, 0.3) is 5.91 Å². The van der Waals surface area contributed by atoms with Crippen LogP contribution in [0, 0.1) is 0 Å². The monoisotopic (exact) mass is 377 g/mol. The number of nitrogens with zero attached hydrogens (tertiary/aromatic N) is 5. The summed E-state index contributed by atoms with van der Waals surface area (Å²) in [5.41, 5.74) is 3.99. The minimum absolute atomic E-state index is 0.104. The second kappa shape index (κ2) is 7.54. The van der Waals surface area contributed by atoms with Crippen molar-refractivity contribution in [2.24, 2.45) is 0 Å². The van der Waals surface area contributed by atoms with E-state index in [0.29, 0.717) is 13.1 Å². The van der Waals surface area contributed by atoms with E-state index in [4.69, 9.17) is 4.98 Å². The SMILES string of the molecule is CCn1c(N2CCN(C(=O)c3cccc(N(C)C)c3)CC2)nc2ccccc21. The summed E-state index contributed by atoms with van der Waals surface area (Å²) >= 11 is 0. The lowest BCUT2D eigenvalue weighted by molar-refractivity contribution is 0.0746. The highest BCUT2D eigenvalue weighted by molar-refractivity contribution is 5.95. The number of para-hydroxylation sites is 2. The Bertz CT molecular complexity index is 986. The van der Waals surface area contributed by atoms with E-state index in [1.54, 1.807) is 0 Å². The minimum Gasteiger partial charge on any atom is -0.378 e. The highest BCUT2D eigenvalue weighted by Crippen LogP contribution is 2.24. The first kappa shape index (κ1) is 18.3. The number of piperazine rings is 1. The molecule has 1 aromatic heterocycles. The van der Waals surface area contributed by atoms with E-state index in [1.807, 2.05) is 54.2 Å². The van der Waals surface area contributed by atoms with Crippen molar-refractivity contribution in [3.63, 3.8) is 0 Å². The van der Waals surface area contributed by atoms with Crippen molar-refractivity contribution in [3.05, 3.63) is 54.1 Å². The van der Waals surface area contributed by atoms with Crippen molar-refractivity contribution in [1.29, 1.82) is 0 Å². The van der Waals surface area contributed by atoms with Crippen LogP contribution in [-0.4, -0.2) is 60.6 Å². The number of aromatic nitrogens is 2. The third-order valence-electron chi connectivity index (χ3n) is 5.41. The van der Waals surface area contributed by atoms with Crippen LogP contribution in [-0.2, 0) is 6.54 Å². The molecule has 0 N–H and O–H groups in total. The van der Waals surface area contributed by atoms with Crippen LogP contribution >= 0.6 is 0 Å². The van der Waals surface area contributed by atoms with E-state index < -0.39 is 0 Å². The Morgan fingerprint density at radius 1 is 1.04 bits per heavy atom. The fourth-order valence-corrected chi connectivity index (χ4v) is 3.83. The number of amides is 1. The lowest BCUT2D eigenvalue weighted by Crippen LogP contribution is -2.49. The predicted octanol–water partition coefficient (Wildman–Crippen LogP) is 3.08. The van der Waals surface area contributed by atoms with Gasteiger partial charge in [0, 0.05) is 58.1 Å². The maximum Gasteiger partial charge on any atom is 0.254 e. The third-order valence-corrected chi connectivity index (χ3v) is 5.41. The van der Waals surface area contributed by atoms with Crippen molar-refractivity contribution >= 4 is 28.6 Å². The lowest BCUT2D eigenvalue weighted by Gasteiger charge is -2.35. The number of carbonyl (C=O) groups is 1. The second-order valence-corrected chi connectivity index (χ2v) is 7.37. The van der Waals surface area contributed by atoms with Crippen LogP contribution in [0.25, 0.3) is 11.0 Å². The third kappa shape index (κ3) is 3.30. The van der Waals surface area contributed by atoms with Gasteiger partial charge in [-0.05, 0) is 37.3 Å². The number of fused-ring (bicyclic) bond motifs is 1. The number of hydrogen-bond donors (Lipinski definition) is 0. The molecule has 28 heavy (non-hydrogen) atoms. The molecule has 2 aromatic carbocycles. The Hall–Kier alpha value is -3.02. The Morgan fingerprint density at radius 3 is 2.50 bits per heavy atom. The van der Waals surface area contributed by atoms with Crippen molar-refractivity contribution < 1.29 is 4.79 Å². The molecule has 4 rings (SSSR count). The fourth-order valence-electron chi connectivity index (χ4n) is 3.83. The topological polar surface area (TPSA) is 44.6 Å². The lowest BCUT2D eigenvalue weighted by atomic mass is 10.1. The molecule has 6 heteroatoms. The molecule has 2 heterocycles. The van der Waals surface area contributed by atoms with Gasteiger partial charge in [0.1, 0.15) is 0 Å². The van der Waals surface area contributed by atoms with Crippen molar-refractivity contribution in [3.8, 4) is 0 Å². The minimum atomic E-state index is 0.104. The van der Waals surface area contributed by atoms with Crippen LogP contribution in [0.1, 0.15) is 17.3 Å². The average molecular weight is 377 g/mol. The number of carbonyl (C=O) groups excluding carboxylic acids is 1. The smallest absolute Gasteiger partial charge is 0.254 e. The zero-order valence-corrected chi connectivity index (χ0v) is 16.8. The Morgan fingerprint density at radius 2 is 1.79 bits per heavy atom. The summed E-state index contributed by atoms with van der Waals surface area (Å²) in [7, 11) is 3.98. The van der Waals surface area contributed by atoms with Gasteiger partial charge in [-0.2, -0.15) is 0 Å². The molecule has 1 saturated heterocycles. The molecule has 1 aliphatic heterocycles. The highest BCUT2D eigenvalue weighted by Gasteiger charge is 2.25. The fraction of sp³-hybridized carbons (Fsp3) is 0.364. The molecule has 146 valence electrons. The molecule has 0 aliphatic carbocycles. The Balaban J connectivity index is 1.49. The summed E-state index contributed by atoms with van der Waals surface area (Å²) in [6, 6.07) is 16.1. The van der Waals surface area contributed by atoms with Gasteiger partial charge in [0.15, 0.2) is 0 Å². The van der Waals surface area contributed by atoms with Crippen LogP contribution in [0.3, 0.4) is 0 Å². The van der Waals surface area contributed by atoms with Crippen LogP contribution in [0.5, 0.6) is 0 Å². The van der Waals surface area contributed by atoms with Crippen molar-refractivity contribution in [1.82, 2.24) is 14.5 Å². The van der Waals surface area contributed by atoms with Crippen molar-refractivity contribution in [2.75, 3.05) is 50.1 Å². The van der Waals surface area contributed by atoms with Crippen molar-refractivity contribution in [2.45, 2.75) is 13.5 Å². The Kier molecular flexibility index (Phi) is 4.94. The van der Waals surface area contributed by atoms with E-state index in [-0.39, 0.29) is 5.91 Å². The number of benzene rings is 2. The zero-order chi connectivity index (χ0) is 19.7. The van der Waals surface area contributed by atoms with Crippen LogP contribution in [0.4, 0.5) is 11.6 Å². The molecule has 0 unspecified atom stereocenters. The molecule has 3 aromatic rings. The highest BCUT2D eigenvalue weighted by atomic mass is 16.2. The number of aryl methyl sites for hydroxylation is 1. The van der Waals surface area contributed by atoms with E-state index in [9.17, 15) is 4.79 Å². The molecule has 0 bridgehead atoms. The normalized spacial score (nSPS) is 14.5. The maximum atomic E-state index is 12.9. The molecule has 1 aliphatic rings. The quantitative estimate of drug-likeness (QED) is 0.701. The summed E-state index contributed by atoms with van der Waals surface area (Å²) in [6.07, 6.45) is 0. The van der Waals surface area contributed by atoms with E-state index in [0.717, 1.165) is 42.4 Å². The number of rotatable bonds is 4. The van der Waals surface area contributed by atoms with Gasteiger partial charge in [0.2, 0.25) is 5.95 Å². The number of hydrogen-bond acceptors (Lipinski definition) is 4. The van der Waals surface area contributed by atoms with Gasteiger partial charge >= 0.3 is 0 Å². The zero-order valence-electron chi connectivity index (χ0n) is 16.8. The number of imidazole rings is 1. The molecule has 6 nitrogen and oxygen atoms in total. The average Bonchev–Trinajstić information content (AvgIpc) is 3.12.